The molecule has 6 nitrogen and oxygen atoms in total. The lowest BCUT2D eigenvalue weighted by Crippen LogP contribution is -2.46. The zero-order valence-corrected chi connectivity index (χ0v) is 17.5. The van der Waals surface area contributed by atoms with Crippen LogP contribution in [-0.2, 0) is 14.9 Å². The van der Waals surface area contributed by atoms with Gasteiger partial charge < -0.3 is 4.74 Å². The van der Waals surface area contributed by atoms with Crippen molar-refractivity contribution in [2.45, 2.75) is 44.1 Å². The lowest BCUT2D eigenvalue weighted by molar-refractivity contribution is -0.141. The van der Waals surface area contributed by atoms with Gasteiger partial charge in [0.15, 0.2) is 6.04 Å². The van der Waals surface area contributed by atoms with E-state index in [0.29, 0.717) is 5.71 Å². The maximum atomic E-state index is 14.4. The van der Waals surface area contributed by atoms with E-state index in [2.05, 4.69) is 29.0 Å². The summed E-state index contributed by atoms with van der Waals surface area (Å²) in [5.74, 6) is -1.64. The number of carbonyl (C=O) groups is 1. The topological polar surface area (TPSA) is 76.8 Å². The van der Waals surface area contributed by atoms with Crippen molar-refractivity contribution in [3.8, 4) is 11.3 Å². The van der Waals surface area contributed by atoms with Crippen molar-refractivity contribution in [3.05, 3.63) is 47.2 Å². The molecule has 1 unspecified atom stereocenters. The largest absolute Gasteiger partial charge is 0.467 e. The van der Waals surface area contributed by atoms with E-state index in [1.165, 1.54) is 25.3 Å². The number of halogens is 2. The second kappa shape index (κ2) is 6.73. The lowest BCUT2D eigenvalue weighted by Gasteiger charge is -2.38. The SMILES string of the molecule is COC(=O)C1CN=CC([C@@]23CC[C@@H](c4cc(-c5c(F)cccc5F)nnc42)C3(C)C)=N1. The third kappa shape index (κ3) is 2.56. The van der Waals surface area contributed by atoms with Crippen LogP contribution in [0.15, 0.2) is 34.3 Å². The fraction of sp³-hybridized carbons (Fsp3) is 0.435. The number of aliphatic imine (C=N–C) groups is 2. The number of rotatable bonds is 3. The Labute approximate surface area is 178 Å². The van der Waals surface area contributed by atoms with Gasteiger partial charge in [0.2, 0.25) is 0 Å². The fourth-order valence-electron chi connectivity index (χ4n) is 5.72. The Morgan fingerprint density at radius 2 is 1.94 bits per heavy atom. The highest BCUT2D eigenvalue weighted by Gasteiger charge is 2.65. The smallest absolute Gasteiger partial charge is 0.332 e. The fourth-order valence-corrected chi connectivity index (χ4v) is 5.72. The van der Waals surface area contributed by atoms with E-state index in [4.69, 9.17) is 9.73 Å². The van der Waals surface area contributed by atoms with Gasteiger partial charge in [-0.3, -0.25) is 9.98 Å². The van der Waals surface area contributed by atoms with Gasteiger partial charge in [0, 0.05) is 6.21 Å². The Hall–Kier alpha value is -3.03. The summed E-state index contributed by atoms with van der Waals surface area (Å²) < 4.78 is 33.6. The predicted octanol–water partition coefficient (Wildman–Crippen LogP) is 3.64. The zero-order chi connectivity index (χ0) is 22.0. The summed E-state index contributed by atoms with van der Waals surface area (Å²) >= 11 is 0. The van der Waals surface area contributed by atoms with Gasteiger partial charge in [-0.05, 0) is 47.9 Å². The van der Waals surface area contributed by atoms with Crippen LogP contribution in [0.25, 0.3) is 11.3 Å². The normalized spacial score (nSPS) is 27.7. The number of fused-ring (bicyclic) bond motifs is 5. The van der Waals surface area contributed by atoms with Crippen LogP contribution in [0.4, 0.5) is 8.78 Å². The summed E-state index contributed by atoms with van der Waals surface area (Å²) in [6.07, 6.45) is 3.39. The molecule has 2 aromatic rings. The van der Waals surface area contributed by atoms with Crippen molar-refractivity contribution in [2.75, 3.05) is 13.7 Å². The molecule has 0 saturated heterocycles. The molecule has 3 atom stereocenters. The number of aromatic nitrogens is 2. The minimum Gasteiger partial charge on any atom is -0.467 e. The van der Waals surface area contributed by atoms with Crippen LogP contribution < -0.4 is 0 Å². The Morgan fingerprint density at radius 3 is 2.65 bits per heavy atom. The molecule has 2 aliphatic carbocycles. The molecule has 1 saturated carbocycles. The molecule has 3 aliphatic rings. The zero-order valence-electron chi connectivity index (χ0n) is 17.5. The van der Waals surface area contributed by atoms with Crippen LogP contribution in [0.2, 0.25) is 0 Å². The minimum atomic E-state index is -0.682. The summed E-state index contributed by atoms with van der Waals surface area (Å²) in [5, 5.41) is 8.71. The van der Waals surface area contributed by atoms with Gasteiger partial charge in [-0.25, -0.2) is 13.6 Å². The van der Waals surface area contributed by atoms with Gasteiger partial charge in [0.05, 0.1) is 41.7 Å². The van der Waals surface area contributed by atoms with Crippen molar-refractivity contribution in [1.82, 2.24) is 10.2 Å². The molecule has 0 amide bonds. The summed E-state index contributed by atoms with van der Waals surface area (Å²) in [4.78, 5) is 21.2. The standard InChI is InChI=1S/C23H22F2N4O2/c1-22(2)13-7-8-23(22,18-11-26-10-17(27-18)21(30)31-3)20-12(13)9-16(28-29-20)19-14(24)5-4-6-15(19)25/h4-6,9,11,13,17H,7-8,10H2,1-3H3/t13-,17?,23-/m0/s1. The molecule has 31 heavy (non-hydrogen) atoms. The van der Waals surface area contributed by atoms with Gasteiger partial charge in [-0.2, -0.15) is 5.10 Å². The van der Waals surface area contributed by atoms with E-state index in [-0.39, 0.29) is 29.1 Å². The molecule has 1 aromatic heterocycles. The number of esters is 1. The van der Waals surface area contributed by atoms with Gasteiger partial charge in [-0.1, -0.05) is 19.9 Å². The average Bonchev–Trinajstić information content (AvgIpc) is 3.14. The Bertz CT molecular complexity index is 1140. The van der Waals surface area contributed by atoms with Crippen molar-refractivity contribution in [1.29, 1.82) is 0 Å². The lowest BCUT2D eigenvalue weighted by atomic mass is 9.65. The number of methoxy groups -OCH3 is 1. The van der Waals surface area contributed by atoms with Crippen molar-refractivity contribution in [3.63, 3.8) is 0 Å². The van der Waals surface area contributed by atoms with E-state index in [9.17, 15) is 13.6 Å². The summed E-state index contributed by atoms with van der Waals surface area (Å²) in [6.45, 7) is 4.54. The van der Waals surface area contributed by atoms with E-state index in [1.54, 1.807) is 12.3 Å². The van der Waals surface area contributed by atoms with Crippen LogP contribution in [-0.4, -0.2) is 47.8 Å². The third-order valence-electron chi connectivity index (χ3n) is 7.30. The van der Waals surface area contributed by atoms with Crippen molar-refractivity contribution < 1.29 is 18.3 Å². The highest BCUT2D eigenvalue weighted by Crippen LogP contribution is 2.68. The maximum absolute atomic E-state index is 14.4. The molecule has 1 aliphatic heterocycles. The Morgan fingerprint density at radius 1 is 1.19 bits per heavy atom. The number of carbonyl (C=O) groups excluding carboxylic acids is 1. The molecule has 160 valence electrons. The molecule has 5 rings (SSSR count). The van der Waals surface area contributed by atoms with Crippen molar-refractivity contribution in [2.24, 2.45) is 15.4 Å². The van der Waals surface area contributed by atoms with Crippen LogP contribution in [0, 0.1) is 17.0 Å². The second-order valence-electron chi connectivity index (χ2n) is 8.90. The van der Waals surface area contributed by atoms with Crippen molar-refractivity contribution >= 4 is 17.9 Å². The first-order valence-electron chi connectivity index (χ1n) is 10.3. The molecule has 2 heterocycles. The van der Waals surface area contributed by atoms with Gasteiger partial charge in [-0.15, -0.1) is 5.10 Å². The first-order valence-corrected chi connectivity index (χ1v) is 10.3. The molecule has 0 N–H and O–H groups in total. The molecular weight excluding hydrogens is 402 g/mol. The molecule has 2 bridgehead atoms. The Kier molecular flexibility index (Phi) is 4.32. The van der Waals surface area contributed by atoms with E-state index < -0.39 is 29.1 Å². The predicted molar refractivity (Wildman–Crippen MR) is 111 cm³/mol. The van der Waals surface area contributed by atoms with Gasteiger partial charge in [0.1, 0.15) is 11.6 Å². The van der Waals surface area contributed by atoms with E-state index >= 15 is 0 Å². The Balaban J connectivity index is 1.67. The van der Waals surface area contributed by atoms with Gasteiger partial charge in [0.25, 0.3) is 0 Å². The first-order chi connectivity index (χ1) is 14.8. The third-order valence-corrected chi connectivity index (χ3v) is 7.30. The number of benzene rings is 1. The molecule has 0 radical (unpaired) electrons. The van der Waals surface area contributed by atoms with Crippen LogP contribution in [0.3, 0.4) is 0 Å². The highest BCUT2D eigenvalue weighted by atomic mass is 19.1. The van der Waals surface area contributed by atoms with Crippen LogP contribution >= 0.6 is 0 Å². The molecule has 0 spiro atoms. The highest BCUT2D eigenvalue weighted by molar-refractivity contribution is 6.36. The summed E-state index contributed by atoms with van der Waals surface area (Å²) in [5.41, 5.74) is 1.54. The summed E-state index contributed by atoms with van der Waals surface area (Å²) in [6, 6.07) is 4.83. The minimum absolute atomic E-state index is 0.126. The quantitative estimate of drug-likeness (QED) is 0.705. The molecule has 8 heteroatoms. The average molecular weight is 424 g/mol. The van der Waals surface area contributed by atoms with Gasteiger partial charge >= 0.3 is 5.97 Å². The first kappa shape index (κ1) is 19.9. The molecule has 1 fully saturated rings. The molecular formula is C23H22F2N4O2. The molecule has 1 aromatic carbocycles. The summed E-state index contributed by atoms with van der Waals surface area (Å²) in [7, 11) is 1.34. The van der Waals surface area contributed by atoms with E-state index in [0.717, 1.165) is 24.1 Å². The van der Waals surface area contributed by atoms with Crippen LogP contribution in [0.5, 0.6) is 0 Å². The number of hydrogen-bond donors (Lipinski definition) is 0. The number of nitrogens with zero attached hydrogens (tertiary/aromatic N) is 4. The monoisotopic (exact) mass is 424 g/mol. The number of hydrogen-bond acceptors (Lipinski definition) is 6. The second-order valence-corrected chi connectivity index (χ2v) is 8.90. The van der Waals surface area contributed by atoms with Crippen LogP contribution in [0.1, 0.15) is 43.9 Å². The van der Waals surface area contributed by atoms with E-state index in [1.807, 2.05) is 0 Å². The maximum Gasteiger partial charge on any atom is 0.332 e. The number of ether oxygens (including phenoxy) is 1.